The first-order valence-electron chi connectivity index (χ1n) is 8.25. The molecule has 21 heavy (non-hydrogen) atoms. The molecule has 2 aromatic rings. The van der Waals surface area contributed by atoms with Crippen LogP contribution in [-0.2, 0) is 13.1 Å². The van der Waals surface area contributed by atoms with Gasteiger partial charge in [-0.15, -0.1) is 6.58 Å². The second-order valence-corrected chi connectivity index (χ2v) is 5.68. The molecule has 0 bridgehead atoms. The van der Waals surface area contributed by atoms with Gasteiger partial charge in [0, 0.05) is 19.3 Å². The number of allylic oxidation sites excluding steroid dienone is 1. The van der Waals surface area contributed by atoms with Crippen LogP contribution in [0.25, 0.3) is 10.9 Å². The van der Waals surface area contributed by atoms with Gasteiger partial charge in [-0.25, -0.2) is 0 Å². The number of fused-ring (bicyclic) bond motifs is 1. The van der Waals surface area contributed by atoms with Crippen molar-refractivity contribution >= 4 is 10.9 Å². The topological polar surface area (TPSA) is 17.0 Å². The van der Waals surface area contributed by atoms with Gasteiger partial charge in [0.05, 0.1) is 5.52 Å². The van der Waals surface area contributed by atoms with Crippen molar-refractivity contribution in [3.05, 3.63) is 48.7 Å². The van der Waals surface area contributed by atoms with Gasteiger partial charge < -0.3 is 9.88 Å². The molecule has 1 aromatic heterocycles. The lowest BCUT2D eigenvalue weighted by Crippen LogP contribution is -2.14. The normalized spacial score (nSPS) is 11.1. The van der Waals surface area contributed by atoms with E-state index in [0.717, 1.165) is 26.1 Å². The first-order valence-corrected chi connectivity index (χ1v) is 8.25. The molecule has 1 heterocycles. The first-order chi connectivity index (χ1) is 10.4. The van der Waals surface area contributed by atoms with Gasteiger partial charge in [-0.2, -0.15) is 0 Å². The van der Waals surface area contributed by atoms with Gasteiger partial charge >= 0.3 is 0 Å². The molecule has 0 aliphatic carbocycles. The third-order valence-electron chi connectivity index (χ3n) is 3.92. The predicted molar refractivity (Wildman–Crippen MR) is 92.6 cm³/mol. The smallest absolute Gasteiger partial charge is 0.0525 e. The summed E-state index contributed by atoms with van der Waals surface area (Å²) in [5.74, 6) is 0. The minimum absolute atomic E-state index is 0.964. The third kappa shape index (κ3) is 4.47. The van der Waals surface area contributed by atoms with Crippen LogP contribution in [-0.4, -0.2) is 11.1 Å². The zero-order valence-corrected chi connectivity index (χ0v) is 13.3. The Hall–Kier alpha value is -1.54. The van der Waals surface area contributed by atoms with Crippen LogP contribution in [0.3, 0.4) is 0 Å². The fraction of sp³-hybridized carbons (Fsp3) is 0.474. The van der Waals surface area contributed by atoms with E-state index in [4.69, 9.17) is 0 Å². The fourth-order valence-corrected chi connectivity index (χ4v) is 2.82. The zero-order chi connectivity index (χ0) is 14.9. The Morgan fingerprint density at radius 3 is 2.90 bits per heavy atom. The van der Waals surface area contributed by atoms with E-state index < -0.39 is 0 Å². The summed E-state index contributed by atoms with van der Waals surface area (Å²) >= 11 is 0. The molecule has 1 aromatic carbocycles. The van der Waals surface area contributed by atoms with Crippen molar-refractivity contribution < 1.29 is 0 Å². The number of para-hydroxylation sites is 1. The van der Waals surface area contributed by atoms with Crippen molar-refractivity contribution in [2.75, 3.05) is 6.54 Å². The second-order valence-electron chi connectivity index (χ2n) is 5.68. The number of aromatic nitrogens is 1. The van der Waals surface area contributed by atoms with Crippen LogP contribution in [0.5, 0.6) is 0 Å². The lowest BCUT2D eigenvalue weighted by Gasteiger charge is -2.10. The molecule has 0 fully saturated rings. The quantitative estimate of drug-likeness (QED) is 0.485. The van der Waals surface area contributed by atoms with E-state index in [9.17, 15) is 0 Å². The van der Waals surface area contributed by atoms with E-state index in [0.29, 0.717) is 0 Å². The average molecular weight is 284 g/mol. The number of hydrogen-bond donors (Lipinski definition) is 1. The summed E-state index contributed by atoms with van der Waals surface area (Å²) in [7, 11) is 0. The van der Waals surface area contributed by atoms with E-state index in [2.05, 4.69) is 53.8 Å². The van der Waals surface area contributed by atoms with Crippen molar-refractivity contribution in [1.29, 1.82) is 0 Å². The minimum Gasteiger partial charge on any atom is -0.347 e. The monoisotopic (exact) mass is 284 g/mol. The number of hydrogen-bond acceptors (Lipinski definition) is 1. The van der Waals surface area contributed by atoms with Crippen molar-refractivity contribution in [2.24, 2.45) is 0 Å². The van der Waals surface area contributed by atoms with Gasteiger partial charge in [0.25, 0.3) is 0 Å². The summed E-state index contributed by atoms with van der Waals surface area (Å²) in [6.07, 6.45) is 10.4. The Labute approximate surface area is 128 Å². The van der Waals surface area contributed by atoms with E-state index in [-0.39, 0.29) is 0 Å². The van der Waals surface area contributed by atoms with E-state index in [1.54, 1.807) is 0 Å². The zero-order valence-electron chi connectivity index (χ0n) is 13.3. The van der Waals surface area contributed by atoms with Crippen LogP contribution >= 0.6 is 0 Å². The van der Waals surface area contributed by atoms with E-state index in [1.807, 2.05) is 6.08 Å². The average Bonchev–Trinajstić information content (AvgIpc) is 2.91. The Morgan fingerprint density at radius 1 is 1.19 bits per heavy atom. The standard InChI is InChI=1S/C19H28N2/c1-3-5-6-7-8-14-21-15-12-17-10-9-11-18(19(17)21)16-20-13-4-2/h3,9-12,15,20H,1,4-8,13-14,16H2,2H3. The van der Waals surface area contributed by atoms with Crippen molar-refractivity contribution in [3.8, 4) is 0 Å². The number of nitrogens with zero attached hydrogens (tertiary/aromatic N) is 1. The highest BCUT2D eigenvalue weighted by molar-refractivity contribution is 5.83. The Morgan fingerprint density at radius 2 is 2.10 bits per heavy atom. The number of rotatable bonds is 10. The Balaban J connectivity index is 2.03. The maximum atomic E-state index is 3.78. The molecule has 1 N–H and O–H groups in total. The molecule has 2 rings (SSSR count). The van der Waals surface area contributed by atoms with Gasteiger partial charge in [0.1, 0.15) is 0 Å². The fourth-order valence-electron chi connectivity index (χ4n) is 2.82. The highest BCUT2D eigenvalue weighted by Crippen LogP contribution is 2.21. The second kappa shape index (κ2) is 8.68. The Kier molecular flexibility index (Phi) is 6.55. The van der Waals surface area contributed by atoms with Crippen molar-refractivity contribution in [2.45, 2.75) is 52.1 Å². The van der Waals surface area contributed by atoms with E-state index in [1.165, 1.54) is 42.1 Å². The molecular formula is C19H28N2. The number of nitrogens with one attached hydrogen (secondary N) is 1. The minimum atomic E-state index is 0.964. The maximum absolute atomic E-state index is 3.78. The van der Waals surface area contributed by atoms with Crippen molar-refractivity contribution in [3.63, 3.8) is 0 Å². The van der Waals surface area contributed by atoms with Gasteiger partial charge in [-0.3, -0.25) is 0 Å². The summed E-state index contributed by atoms with van der Waals surface area (Å²) in [5, 5.41) is 4.88. The molecule has 0 unspecified atom stereocenters. The molecule has 0 saturated carbocycles. The highest BCUT2D eigenvalue weighted by Gasteiger charge is 2.06. The maximum Gasteiger partial charge on any atom is 0.0525 e. The molecule has 0 saturated heterocycles. The number of benzene rings is 1. The van der Waals surface area contributed by atoms with Gasteiger partial charge in [0.15, 0.2) is 0 Å². The highest BCUT2D eigenvalue weighted by atomic mass is 15.0. The van der Waals surface area contributed by atoms with Crippen LogP contribution in [0.15, 0.2) is 43.1 Å². The molecule has 2 heteroatoms. The van der Waals surface area contributed by atoms with Gasteiger partial charge in [-0.1, -0.05) is 37.6 Å². The van der Waals surface area contributed by atoms with E-state index >= 15 is 0 Å². The van der Waals surface area contributed by atoms with Crippen LogP contribution in [0, 0.1) is 0 Å². The van der Waals surface area contributed by atoms with Crippen LogP contribution < -0.4 is 5.32 Å². The lowest BCUT2D eigenvalue weighted by atomic mass is 10.1. The summed E-state index contributed by atoms with van der Waals surface area (Å²) in [6.45, 7) is 9.15. The van der Waals surface area contributed by atoms with Gasteiger partial charge in [-0.05, 0) is 49.2 Å². The predicted octanol–water partition coefficient (Wildman–Crippen LogP) is 4.89. The molecule has 0 aliphatic rings. The molecule has 0 radical (unpaired) electrons. The molecule has 0 amide bonds. The summed E-state index contributed by atoms with van der Waals surface area (Å²) in [5.41, 5.74) is 2.82. The van der Waals surface area contributed by atoms with Crippen LogP contribution in [0.1, 0.15) is 44.6 Å². The Bertz CT molecular complexity index is 554. The first kappa shape index (κ1) is 15.8. The molecule has 2 nitrogen and oxygen atoms in total. The third-order valence-corrected chi connectivity index (χ3v) is 3.92. The molecule has 0 aliphatic heterocycles. The summed E-state index contributed by atoms with van der Waals surface area (Å²) in [6, 6.07) is 8.87. The van der Waals surface area contributed by atoms with Gasteiger partial charge in [0.2, 0.25) is 0 Å². The SMILES string of the molecule is C=CCCCCCn1ccc2cccc(CNCCC)c21. The molecule has 0 atom stereocenters. The number of aryl methyl sites for hydroxylation is 1. The molecule has 114 valence electrons. The van der Waals surface area contributed by atoms with Crippen LogP contribution in [0.4, 0.5) is 0 Å². The van der Waals surface area contributed by atoms with Crippen LogP contribution in [0.2, 0.25) is 0 Å². The summed E-state index contributed by atoms with van der Waals surface area (Å²) in [4.78, 5) is 0. The van der Waals surface area contributed by atoms with Crippen molar-refractivity contribution in [1.82, 2.24) is 9.88 Å². The lowest BCUT2D eigenvalue weighted by molar-refractivity contribution is 0.600. The largest absolute Gasteiger partial charge is 0.347 e. The molecular weight excluding hydrogens is 256 g/mol. The molecule has 0 spiro atoms. The number of unbranched alkanes of at least 4 members (excludes halogenated alkanes) is 3. The summed E-state index contributed by atoms with van der Waals surface area (Å²) < 4.78 is 2.42.